The van der Waals surface area contributed by atoms with Gasteiger partial charge in [0.1, 0.15) is 6.04 Å². The van der Waals surface area contributed by atoms with E-state index < -0.39 is 17.9 Å². The number of carboxylic acid groups (broad SMARTS) is 1. The van der Waals surface area contributed by atoms with Gasteiger partial charge in [0.25, 0.3) is 5.91 Å². The molecule has 6 nitrogen and oxygen atoms in total. The van der Waals surface area contributed by atoms with Gasteiger partial charge in [-0.15, -0.1) is 0 Å². The van der Waals surface area contributed by atoms with E-state index in [9.17, 15) is 19.5 Å². The molecule has 7 heteroatoms. The van der Waals surface area contributed by atoms with E-state index in [0.717, 1.165) is 9.13 Å². The summed E-state index contributed by atoms with van der Waals surface area (Å²) in [5, 5.41) is 14.5. The highest BCUT2D eigenvalue weighted by Gasteiger charge is 2.21. The van der Waals surface area contributed by atoms with Crippen LogP contribution >= 0.6 is 22.6 Å². The van der Waals surface area contributed by atoms with Crippen molar-refractivity contribution in [3.63, 3.8) is 0 Å². The minimum Gasteiger partial charge on any atom is -0.480 e. The van der Waals surface area contributed by atoms with Crippen LogP contribution in [0.4, 0.5) is 5.69 Å². The number of aliphatic carboxylic acids is 1. The van der Waals surface area contributed by atoms with Crippen LogP contribution in [0.3, 0.4) is 0 Å². The Kier molecular flexibility index (Phi) is 6.51. The third kappa shape index (κ3) is 5.86. The molecule has 0 aliphatic heterocycles. The molecule has 0 fully saturated rings. The van der Waals surface area contributed by atoms with E-state index >= 15 is 0 Å². The minimum absolute atomic E-state index is 0.184. The van der Waals surface area contributed by atoms with Crippen molar-refractivity contribution in [1.82, 2.24) is 5.32 Å². The zero-order chi connectivity index (χ0) is 18.4. The van der Waals surface area contributed by atoms with E-state index in [-0.39, 0.29) is 17.9 Å². The van der Waals surface area contributed by atoms with E-state index in [2.05, 4.69) is 33.2 Å². The number of carbonyl (C=O) groups excluding carboxylic acids is 2. The molecule has 0 saturated carbocycles. The molecule has 0 aliphatic carbocycles. The monoisotopic (exact) mass is 452 g/mol. The first-order chi connectivity index (χ1) is 11.8. The fourth-order valence-electron chi connectivity index (χ4n) is 2.24. The van der Waals surface area contributed by atoms with Gasteiger partial charge in [-0.05, 0) is 58.5 Å². The van der Waals surface area contributed by atoms with Crippen molar-refractivity contribution in [3.05, 3.63) is 63.2 Å². The molecular weight excluding hydrogens is 435 g/mol. The maximum absolute atomic E-state index is 12.4. The SMILES string of the molecule is CC(=O)Nc1cccc(C(=O)N[C@@H](Cc2ccc(I)cc2)C(=O)O)c1. The number of hydrogen-bond acceptors (Lipinski definition) is 3. The number of hydrogen-bond donors (Lipinski definition) is 3. The van der Waals surface area contributed by atoms with Gasteiger partial charge in [-0.25, -0.2) is 4.79 Å². The molecule has 0 aromatic heterocycles. The smallest absolute Gasteiger partial charge is 0.326 e. The second-order valence-corrected chi connectivity index (χ2v) is 6.70. The van der Waals surface area contributed by atoms with Crippen LogP contribution in [0, 0.1) is 3.57 Å². The number of anilines is 1. The molecule has 0 unspecified atom stereocenters. The lowest BCUT2D eigenvalue weighted by Gasteiger charge is -2.15. The van der Waals surface area contributed by atoms with Crippen LogP contribution in [0.15, 0.2) is 48.5 Å². The number of carboxylic acids is 1. The lowest BCUT2D eigenvalue weighted by atomic mass is 10.1. The average Bonchev–Trinajstić information content (AvgIpc) is 2.55. The second kappa shape index (κ2) is 8.61. The highest BCUT2D eigenvalue weighted by atomic mass is 127. The molecule has 1 atom stereocenters. The zero-order valence-corrected chi connectivity index (χ0v) is 15.6. The predicted octanol–water partition coefficient (Wildman–Crippen LogP) is 2.68. The molecular formula is C18H17IN2O4. The Hall–Kier alpha value is -2.42. The molecule has 0 aliphatic rings. The van der Waals surface area contributed by atoms with Gasteiger partial charge in [0.15, 0.2) is 0 Å². The van der Waals surface area contributed by atoms with Crippen molar-refractivity contribution in [2.75, 3.05) is 5.32 Å². The van der Waals surface area contributed by atoms with Gasteiger partial charge in [0.05, 0.1) is 0 Å². The summed E-state index contributed by atoms with van der Waals surface area (Å²) in [7, 11) is 0. The molecule has 130 valence electrons. The number of benzene rings is 2. The van der Waals surface area contributed by atoms with Crippen molar-refractivity contribution in [3.8, 4) is 0 Å². The molecule has 0 radical (unpaired) electrons. The summed E-state index contributed by atoms with van der Waals surface area (Å²) < 4.78 is 1.05. The normalized spacial score (nSPS) is 11.4. The van der Waals surface area contributed by atoms with Gasteiger partial charge in [0.2, 0.25) is 5.91 Å². The highest BCUT2D eigenvalue weighted by Crippen LogP contribution is 2.12. The van der Waals surface area contributed by atoms with Gasteiger partial charge in [-0.3, -0.25) is 9.59 Å². The van der Waals surface area contributed by atoms with Crippen molar-refractivity contribution < 1.29 is 19.5 Å². The summed E-state index contributed by atoms with van der Waals surface area (Å²) in [6, 6.07) is 12.7. The summed E-state index contributed by atoms with van der Waals surface area (Å²) in [5.41, 5.74) is 1.57. The third-order valence-corrected chi connectivity index (χ3v) is 4.12. The largest absolute Gasteiger partial charge is 0.480 e. The summed E-state index contributed by atoms with van der Waals surface area (Å²) in [4.78, 5) is 34.9. The molecule has 2 aromatic rings. The molecule has 0 heterocycles. The molecule has 0 saturated heterocycles. The Morgan fingerprint density at radius 2 is 1.80 bits per heavy atom. The van der Waals surface area contributed by atoms with E-state index in [0.29, 0.717) is 5.69 Å². The Labute approximate surface area is 158 Å². The third-order valence-electron chi connectivity index (χ3n) is 3.40. The first-order valence-electron chi connectivity index (χ1n) is 7.51. The van der Waals surface area contributed by atoms with Crippen LogP contribution in [0.2, 0.25) is 0 Å². The number of nitrogens with one attached hydrogen (secondary N) is 2. The Bertz CT molecular complexity index is 790. The summed E-state index contributed by atoms with van der Waals surface area (Å²) in [6.45, 7) is 1.37. The van der Waals surface area contributed by atoms with E-state index in [1.54, 1.807) is 18.2 Å². The maximum atomic E-state index is 12.4. The zero-order valence-electron chi connectivity index (χ0n) is 13.5. The van der Waals surface area contributed by atoms with Crippen LogP contribution in [-0.4, -0.2) is 28.9 Å². The molecule has 2 amide bonds. The van der Waals surface area contributed by atoms with Gasteiger partial charge < -0.3 is 15.7 Å². The fourth-order valence-corrected chi connectivity index (χ4v) is 2.60. The minimum atomic E-state index is -1.11. The summed E-state index contributed by atoms with van der Waals surface area (Å²) in [5.74, 6) is -1.87. The van der Waals surface area contributed by atoms with Crippen molar-refractivity contribution in [1.29, 1.82) is 0 Å². The van der Waals surface area contributed by atoms with Gasteiger partial charge in [0, 0.05) is 28.2 Å². The average molecular weight is 452 g/mol. The van der Waals surface area contributed by atoms with Crippen LogP contribution in [-0.2, 0) is 16.0 Å². The second-order valence-electron chi connectivity index (χ2n) is 5.46. The fraction of sp³-hybridized carbons (Fsp3) is 0.167. The highest BCUT2D eigenvalue weighted by molar-refractivity contribution is 14.1. The molecule has 25 heavy (non-hydrogen) atoms. The number of halogens is 1. The number of carbonyl (C=O) groups is 3. The predicted molar refractivity (Wildman–Crippen MR) is 102 cm³/mol. The summed E-state index contributed by atoms with van der Waals surface area (Å²) in [6.07, 6.45) is 0.184. The van der Waals surface area contributed by atoms with Gasteiger partial charge in [-0.2, -0.15) is 0 Å². The number of rotatable bonds is 6. The summed E-state index contributed by atoms with van der Waals surface area (Å²) >= 11 is 2.17. The molecule has 2 aromatic carbocycles. The van der Waals surface area contributed by atoms with Crippen LogP contribution in [0.5, 0.6) is 0 Å². The number of amides is 2. The van der Waals surface area contributed by atoms with Crippen LogP contribution < -0.4 is 10.6 Å². The first-order valence-corrected chi connectivity index (χ1v) is 8.59. The molecule has 3 N–H and O–H groups in total. The van der Waals surface area contributed by atoms with E-state index in [1.165, 1.54) is 13.0 Å². The van der Waals surface area contributed by atoms with Gasteiger partial charge in [-0.1, -0.05) is 18.2 Å². The Balaban J connectivity index is 2.11. The van der Waals surface area contributed by atoms with E-state index in [1.807, 2.05) is 24.3 Å². The van der Waals surface area contributed by atoms with Gasteiger partial charge >= 0.3 is 5.97 Å². The molecule has 0 bridgehead atoms. The lowest BCUT2D eigenvalue weighted by molar-refractivity contribution is -0.139. The van der Waals surface area contributed by atoms with Crippen LogP contribution in [0.25, 0.3) is 0 Å². The van der Waals surface area contributed by atoms with Crippen molar-refractivity contribution in [2.45, 2.75) is 19.4 Å². The molecule has 2 rings (SSSR count). The van der Waals surface area contributed by atoms with Crippen LogP contribution in [0.1, 0.15) is 22.8 Å². The Morgan fingerprint density at radius 3 is 2.40 bits per heavy atom. The maximum Gasteiger partial charge on any atom is 0.326 e. The standard InChI is InChI=1S/C18H17IN2O4/c1-11(22)20-15-4-2-3-13(10-15)17(23)21-16(18(24)25)9-12-5-7-14(19)8-6-12/h2-8,10,16H,9H2,1H3,(H,20,22)(H,21,23)(H,24,25)/t16-/m0/s1. The lowest BCUT2D eigenvalue weighted by Crippen LogP contribution is -2.42. The quantitative estimate of drug-likeness (QED) is 0.588. The molecule has 0 spiro atoms. The van der Waals surface area contributed by atoms with Crippen molar-refractivity contribution in [2.24, 2.45) is 0 Å². The van der Waals surface area contributed by atoms with E-state index in [4.69, 9.17) is 0 Å². The first kappa shape index (κ1) is 18.9. The van der Waals surface area contributed by atoms with Crippen molar-refractivity contribution >= 4 is 46.1 Å². The Morgan fingerprint density at radius 1 is 1.12 bits per heavy atom. The topological polar surface area (TPSA) is 95.5 Å².